The first kappa shape index (κ1) is 11.1. The Kier molecular flexibility index (Phi) is 3.57. The smallest absolute Gasteiger partial charge is 0.224 e. The van der Waals surface area contributed by atoms with Crippen molar-refractivity contribution >= 4 is 11.6 Å². The molecule has 1 aromatic rings. The minimum Gasteiger partial charge on any atom is -0.326 e. The number of benzene rings is 1. The molecule has 0 bridgehead atoms. The summed E-state index contributed by atoms with van der Waals surface area (Å²) >= 11 is 0. The zero-order chi connectivity index (χ0) is 11.4. The van der Waals surface area contributed by atoms with Crippen molar-refractivity contribution in [2.75, 3.05) is 18.4 Å². The van der Waals surface area contributed by atoms with Crippen molar-refractivity contribution in [3.8, 4) is 0 Å². The molecule has 1 heterocycles. The number of amides is 1. The van der Waals surface area contributed by atoms with Crippen LogP contribution in [0.1, 0.15) is 24.5 Å². The van der Waals surface area contributed by atoms with Crippen LogP contribution in [0.4, 0.5) is 5.69 Å². The molecule has 0 fully saturated rings. The lowest BCUT2D eigenvalue weighted by atomic mass is 9.99. The molecule has 86 valence electrons. The van der Waals surface area contributed by atoms with E-state index in [1.54, 1.807) is 0 Å². The molecule has 0 spiro atoms. The standard InChI is InChI=1S/C13H18N2O/c1-2-14-8-7-10-3-5-12-11(9-10)4-6-13(16)15-12/h3,5,9,14H,2,4,6-8H2,1H3,(H,15,16). The fourth-order valence-corrected chi connectivity index (χ4v) is 2.00. The van der Waals surface area contributed by atoms with Crippen molar-refractivity contribution in [2.45, 2.75) is 26.2 Å². The van der Waals surface area contributed by atoms with Crippen molar-refractivity contribution in [3.63, 3.8) is 0 Å². The van der Waals surface area contributed by atoms with Crippen molar-refractivity contribution in [3.05, 3.63) is 29.3 Å². The summed E-state index contributed by atoms with van der Waals surface area (Å²) in [5.41, 5.74) is 3.60. The van der Waals surface area contributed by atoms with E-state index in [4.69, 9.17) is 0 Å². The Hall–Kier alpha value is -1.35. The van der Waals surface area contributed by atoms with Crippen molar-refractivity contribution < 1.29 is 4.79 Å². The van der Waals surface area contributed by atoms with E-state index in [0.717, 1.165) is 31.6 Å². The van der Waals surface area contributed by atoms with Crippen LogP contribution >= 0.6 is 0 Å². The van der Waals surface area contributed by atoms with Gasteiger partial charge in [-0.2, -0.15) is 0 Å². The number of likely N-dealkylation sites (N-methyl/N-ethyl adjacent to an activating group) is 1. The van der Waals surface area contributed by atoms with Crippen LogP contribution in [0, 0.1) is 0 Å². The van der Waals surface area contributed by atoms with Gasteiger partial charge in [-0.15, -0.1) is 0 Å². The maximum absolute atomic E-state index is 11.2. The van der Waals surface area contributed by atoms with Crippen LogP contribution in [0.25, 0.3) is 0 Å². The second-order valence-corrected chi connectivity index (χ2v) is 4.14. The summed E-state index contributed by atoms with van der Waals surface area (Å²) in [7, 11) is 0. The number of aryl methyl sites for hydroxylation is 1. The number of carbonyl (C=O) groups excluding carboxylic acids is 1. The topological polar surface area (TPSA) is 41.1 Å². The van der Waals surface area contributed by atoms with E-state index in [0.29, 0.717) is 6.42 Å². The highest BCUT2D eigenvalue weighted by molar-refractivity contribution is 5.93. The van der Waals surface area contributed by atoms with Crippen LogP contribution in [0.3, 0.4) is 0 Å². The van der Waals surface area contributed by atoms with Gasteiger partial charge in [-0.05, 0) is 43.1 Å². The van der Waals surface area contributed by atoms with Crippen molar-refractivity contribution in [1.29, 1.82) is 0 Å². The van der Waals surface area contributed by atoms with Crippen LogP contribution in [0.2, 0.25) is 0 Å². The summed E-state index contributed by atoms with van der Waals surface area (Å²) in [4.78, 5) is 11.2. The van der Waals surface area contributed by atoms with Gasteiger partial charge in [0.2, 0.25) is 5.91 Å². The summed E-state index contributed by atoms with van der Waals surface area (Å²) < 4.78 is 0. The van der Waals surface area contributed by atoms with Gasteiger partial charge in [-0.3, -0.25) is 4.79 Å². The first-order valence-corrected chi connectivity index (χ1v) is 5.92. The van der Waals surface area contributed by atoms with Gasteiger partial charge in [-0.25, -0.2) is 0 Å². The molecule has 1 aromatic carbocycles. The minimum atomic E-state index is 0.132. The number of fused-ring (bicyclic) bond motifs is 1. The predicted octanol–water partition coefficient (Wildman–Crippen LogP) is 1.72. The lowest BCUT2D eigenvalue weighted by Gasteiger charge is -2.17. The van der Waals surface area contributed by atoms with Crippen LogP contribution in [0.5, 0.6) is 0 Å². The largest absolute Gasteiger partial charge is 0.326 e. The van der Waals surface area contributed by atoms with Gasteiger partial charge in [-0.1, -0.05) is 19.1 Å². The molecule has 1 aliphatic heterocycles. The normalized spacial score (nSPS) is 14.4. The highest BCUT2D eigenvalue weighted by atomic mass is 16.1. The molecule has 0 radical (unpaired) electrons. The molecule has 3 heteroatoms. The van der Waals surface area contributed by atoms with E-state index in [-0.39, 0.29) is 5.91 Å². The van der Waals surface area contributed by atoms with Gasteiger partial charge in [0.15, 0.2) is 0 Å². The fraction of sp³-hybridized carbons (Fsp3) is 0.462. The molecule has 3 nitrogen and oxygen atoms in total. The Bertz CT molecular complexity index is 388. The van der Waals surface area contributed by atoms with Gasteiger partial charge in [0.1, 0.15) is 0 Å². The molecule has 2 rings (SSSR count). The predicted molar refractivity (Wildman–Crippen MR) is 65.6 cm³/mol. The molecule has 0 atom stereocenters. The van der Waals surface area contributed by atoms with Gasteiger partial charge in [0.25, 0.3) is 0 Å². The van der Waals surface area contributed by atoms with E-state index in [2.05, 4.69) is 29.7 Å². The van der Waals surface area contributed by atoms with Crippen molar-refractivity contribution in [2.24, 2.45) is 0 Å². The Labute approximate surface area is 96.2 Å². The Morgan fingerprint density at radius 1 is 1.38 bits per heavy atom. The fourth-order valence-electron chi connectivity index (χ4n) is 2.00. The first-order chi connectivity index (χ1) is 7.79. The summed E-state index contributed by atoms with van der Waals surface area (Å²) in [6.45, 7) is 4.14. The summed E-state index contributed by atoms with van der Waals surface area (Å²) in [6.07, 6.45) is 2.54. The Morgan fingerprint density at radius 2 is 2.25 bits per heavy atom. The molecule has 1 aliphatic rings. The molecule has 0 unspecified atom stereocenters. The average molecular weight is 218 g/mol. The highest BCUT2D eigenvalue weighted by Gasteiger charge is 2.14. The van der Waals surface area contributed by atoms with Gasteiger partial charge in [0.05, 0.1) is 0 Å². The zero-order valence-electron chi connectivity index (χ0n) is 9.68. The number of anilines is 1. The van der Waals surface area contributed by atoms with E-state index < -0.39 is 0 Å². The van der Waals surface area contributed by atoms with Gasteiger partial charge < -0.3 is 10.6 Å². The number of carbonyl (C=O) groups is 1. The molecule has 0 saturated carbocycles. The van der Waals surface area contributed by atoms with Gasteiger partial charge in [0, 0.05) is 12.1 Å². The molecular weight excluding hydrogens is 200 g/mol. The maximum atomic E-state index is 11.2. The Morgan fingerprint density at radius 3 is 3.06 bits per heavy atom. The summed E-state index contributed by atoms with van der Waals surface area (Å²) in [5.74, 6) is 0.132. The van der Waals surface area contributed by atoms with Crippen LogP contribution < -0.4 is 10.6 Å². The first-order valence-electron chi connectivity index (χ1n) is 5.92. The lowest BCUT2D eigenvalue weighted by Crippen LogP contribution is -2.19. The third-order valence-corrected chi connectivity index (χ3v) is 2.91. The maximum Gasteiger partial charge on any atom is 0.224 e. The van der Waals surface area contributed by atoms with Crippen LogP contribution in [-0.2, 0) is 17.6 Å². The molecule has 1 amide bonds. The van der Waals surface area contributed by atoms with E-state index >= 15 is 0 Å². The second kappa shape index (κ2) is 5.12. The number of hydrogen-bond donors (Lipinski definition) is 2. The minimum absolute atomic E-state index is 0.132. The number of rotatable bonds is 4. The number of hydrogen-bond acceptors (Lipinski definition) is 2. The second-order valence-electron chi connectivity index (χ2n) is 4.14. The van der Waals surface area contributed by atoms with E-state index in [1.807, 2.05) is 6.07 Å². The van der Waals surface area contributed by atoms with E-state index in [9.17, 15) is 4.79 Å². The number of nitrogens with one attached hydrogen (secondary N) is 2. The Balaban J connectivity index is 2.04. The quantitative estimate of drug-likeness (QED) is 0.756. The van der Waals surface area contributed by atoms with Crippen LogP contribution in [0.15, 0.2) is 18.2 Å². The molecule has 2 N–H and O–H groups in total. The van der Waals surface area contributed by atoms with Crippen molar-refractivity contribution in [1.82, 2.24) is 5.32 Å². The van der Waals surface area contributed by atoms with Crippen LogP contribution in [-0.4, -0.2) is 19.0 Å². The third kappa shape index (κ3) is 2.61. The average Bonchev–Trinajstić information content (AvgIpc) is 2.29. The molecule has 0 aliphatic carbocycles. The molecule has 0 saturated heterocycles. The van der Waals surface area contributed by atoms with Gasteiger partial charge >= 0.3 is 0 Å². The monoisotopic (exact) mass is 218 g/mol. The SMILES string of the molecule is CCNCCc1ccc2c(c1)CCC(=O)N2. The highest BCUT2D eigenvalue weighted by Crippen LogP contribution is 2.23. The summed E-state index contributed by atoms with van der Waals surface area (Å²) in [5, 5.41) is 6.21. The summed E-state index contributed by atoms with van der Waals surface area (Å²) in [6, 6.07) is 6.33. The molecule has 0 aromatic heterocycles. The van der Waals surface area contributed by atoms with E-state index in [1.165, 1.54) is 11.1 Å². The lowest BCUT2D eigenvalue weighted by molar-refractivity contribution is -0.116. The molecular formula is C13H18N2O. The zero-order valence-corrected chi connectivity index (χ0v) is 9.68. The third-order valence-electron chi connectivity index (χ3n) is 2.91. The molecule has 16 heavy (non-hydrogen) atoms.